The van der Waals surface area contributed by atoms with Gasteiger partial charge in [0.15, 0.2) is 12.4 Å². The molecule has 0 bridgehead atoms. The van der Waals surface area contributed by atoms with E-state index in [1.54, 1.807) is 60.7 Å². The van der Waals surface area contributed by atoms with Gasteiger partial charge in [0, 0.05) is 11.3 Å². The molecule has 0 aromatic heterocycles. The second-order valence-corrected chi connectivity index (χ2v) is 5.39. The van der Waals surface area contributed by atoms with Crippen molar-refractivity contribution in [2.45, 2.75) is 0 Å². The third-order valence-electron chi connectivity index (χ3n) is 3.62. The molecule has 0 atom stereocenters. The normalized spacial score (nSPS) is 10.1. The van der Waals surface area contributed by atoms with E-state index in [1.807, 2.05) is 24.3 Å². The summed E-state index contributed by atoms with van der Waals surface area (Å²) in [5.74, 6) is -0.0481. The van der Waals surface area contributed by atoms with Crippen molar-refractivity contribution in [3.63, 3.8) is 0 Å². The van der Waals surface area contributed by atoms with Gasteiger partial charge in [-0.15, -0.1) is 0 Å². The SMILES string of the molecule is O=C(COc1ccccc1C(=O)Nc1ccccc1)c1ccccc1. The summed E-state index contributed by atoms with van der Waals surface area (Å²) in [6.45, 7) is -0.125. The Morgan fingerprint density at radius 2 is 1.36 bits per heavy atom. The molecule has 0 saturated carbocycles. The molecule has 0 heterocycles. The van der Waals surface area contributed by atoms with Crippen LogP contribution in [0.4, 0.5) is 5.69 Å². The Hall–Kier alpha value is -3.40. The van der Waals surface area contributed by atoms with Gasteiger partial charge in [-0.3, -0.25) is 9.59 Å². The molecule has 0 unspecified atom stereocenters. The van der Waals surface area contributed by atoms with E-state index in [4.69, 9.17) is 4.74 Å². The van der Waals surface area contributed by atoms with Crippen molar-refractivity contribution in [3.8, 4) is 5.75 Å². The number of amides is 1. The van der Waals surface area contributed by atoms with Crippen LogP contribution in [0.25, 0.3) is 0 Å². The molecule has 1 amide bonds. The first-order chi connectivity index (χ1) is 12.2. The Bertz CT molecular complexity index is 861. The molecule has 0 aliphatic heterocycles. The van der Waals surface area contributed by atoms with Crippen LogP contribution in [0.3, 0.4) is 0 Å². The number of Topliss-reactive ketones (excluding diaryl/α,β-unsaturated/α-hetero) is 1. The Labute approximate surface area is 146 Å². The minimum absolute atomic E-state index is 0.125. The van der Waals surface area contributed by atoms with Gasteiger partial charge in [-0.05, 0) is 24.3 Å². The lowest BCUT2D eigenvalue weighted by molar-refractivity contribution is 0.0914. The van der Waals surface area contributed by atoms with Crippen molar-refractivity contribution in [2.75, 3.05) is 11.9 Å². The zero-order chi connectivity index (χ0) is 17.5. The molecular weight excluding hydrogens is 314 g/mol. The maximum atomic E-state index is 12.5. The van der Waals surface area contributed by atoms with Gasteiger partial charge < -0.3 is 10.1 Å². The molecule has 0 radical (unpaired) electrons. The zero-order valence-corrected chi connectivity index (χ0v) is 13.5. The third kappa shape index (κ3) is 4.32. The Morgan fingerprint density at radius 1 is 0.760 bits per heavy atom. The summed E-state index contributed by atoms with van der Waals surface area (Å²) in [5, 5.41) is 2.81. The van der Waals surface area contributed by atoms with Gasteiger partial charge in [0.1, 0.15) is 5.75 Å². The minimum Gasteiger partial charge on any atom is -0.485 e. The van der Waals surface area contributed by atoms with Crippen molar-refractivity contribution in [1.29, 1.82) is 0 Å². The number of carbonyl (C=O) groups excluding carboxylic acids is 2. The maximum absolute atomic E-state index is 12.5. The van der Waals surface area contributed by atoms with Crippen LogP contribution in [-0.4, -0.2) is 18.3 Å². The summed E-state index contributed by atoms with van der Waals surface area (Å²) >= 11 is 0. The first-order valence-electron chi connectivity index (χ1n) is 7.90. The molecule has 1 N–H and O–H groups in total. The van der Waals surface area contributed by atoms with Crippen molar-refractivity contribution in [1.82, 2.24) is 0 Å². The number of ketones is 1. The highest BCUT2D eigenvalue weighted by Gasteiger charge is 2.14. The van der Waals surface area contributed by atoms with E-state index in [0.717, 1.165) is 0 Å². The highest BCUT2D eigenvalue weighted by Crippen LogP contribution is 2.20. The van der Waals surface area contributed by atoms with Gasteiger partial charge in [0.05, 0.1) is 5.56 Å². The van der Waals surface area contributed by atoms with Gasteiger partial charge >= 0.3 is 0 Å². The van der Waals surface area contributed by atoms with E-state index in [-0.39, 0.29) is 18.3 Å². The largest absolute Gasteiger partial charge is 0.485 e. The lowest BCUT2D eigenvalue weighted by Gasteiger charge is -2.11. The molecule has 124 valence electrons. The second kappa shape index (κ2) is 7.93. The smallest absolute Gasteiger partial charge is 0.259 e. The fourth-order valence-corrected chi connectivity index (χ4v) is 2.35. The first-order valence-corrected chi connectivity index (χ1v) is 7.90. The highest BCUT2D eigenvalue weighted by molar-refractivity contribution is 6.06. The van der Waals surface area contributed by atoms with Gasteiger partial charge in [-0.1, -0.05) is 60.7 Å². The Balaban J connectivity index is 1.70. The van der Waals surface area contributed by atoms with Crippen molar-refractivity contribution < 1.29 is 14.3 Å². The molecule has 25 heavy (non-hydrogen) atoms. The lowest BCUT2D eigenvalue weighted by Crippen LogP contribution is -2.16. The number of carbonyl (C=O) groups is 2. The molecule has 4 heteroatoms. The molecule has 3 aromatic rings. The molecule has 0 aliphatic carbocycles. The van der Waals surface area contributed by atoms with Crippen LogP contribution < -0.4 is 10.1 Å². The second-order valence-electron chi connectivity index (χ2n) is 5.39. The lowest BCUT2D eigenvalue weighted by atomic mass is 10.1. The predicted octanol–water partition coefficient (Wildman–Crippen LogP) is 4.20. The number of para-hydroxylation sites is 2. The van der Waals surface area contributed by atoms with E-state index in [1.165, 1.54) is 0 Å². The summed E-state index contributed by atoms with van der Waals surface area (Å²) < 4.78 is 5.60. The van der Waals surface area contributed by atoms with Crippen molar-refractivity contribution >= 4 is 17.4 Å². The topological polar surface area (TPSA) is 55.4 Å². The van der Waals surface area contributed by atoms with E-state index in [0.29, 0.717) is 22.6 Å². The molecule has 0 aliphatic rings. The van der Waals surface area contributed by atoms with E-state index < -0.39 is 0 Å². The van der Waals surface area contributed by atoms with Crippen LogP contribution >= 0.6 is 0 Å². The number of hydrogen-bond donors (Lipinski definition) is 1. The first kappa shape index (κ1) is 16.5. The molecule has 0 saturated heterocycles. The Kier molecular flexibility index (Phi) is 5.22. The fourth-order valence-electron chi connectivity index (χ4n) is 2.35. The quantitative estimate of drug-likeness (QED) is 0.689. The molecule has 3 aromatic carbocycles. The average Bonchev–Trinajstić information content (AvgIpc) is 2.68. The van der Waals surface area contributed by atoms with Crippen LogP contribution in [0.5, 0.6) is 5.75 Å². The number of ether oxygens (including phenoxy) is 1. The minimum atomic E-state index is -0.283. The third-order valence-corrected chi connectivity index (χ3v) is 3.62. The van der Waals surface area contributed by atoms with Gasteiger partial charge in [-0.2, -0.15) is 0 Å². The van der Waals surface area contributed by atoms with E-state index in [2.05, 4.69) is 5.32 Å². The number of benzene rings is 3. The summed E-state index contributed by atoms with van der Waals surface area (Å²) in [6.07, 6.45) is 0. The van der Waals surface area contributed by atoms with Crippen molar-refractivity contribution in [3.05, 3.63) is 96.1 Å². The fraction of sp³-hybridized carbons (Fsp3) is 0.0476. The number of hydrogen-bond acceptors (Lipinski definition) is 3. The van der Waals surface area contributed by atoms with Gasteiger partial charge in [-0.25, -0.2) is 0 Å². The van der Waals surface area contributed by atoms with Crippen LogP contribution in [0, 0.1) is 0 Å². The summed E-state index contributed by atoms with van der Waals surface area (Å²) in [6, 6.07) is 25.0. The molecular formula is C21H17NO3. The summed E-state index contributed by atoms with van der Waals surface area (Å²) in [4.78, 5) is 24.6. The van der Waals surface area contributed by atoms with E-state index in [9.17, 15) is 9.59 Å². The predicted molar refractivity (Wildman–Crippen MR) is 97.1 cm³/mol. The maximum Gasteiger partial charge on any atom is 0.259 e. The Morgan fingerprint density at radius 3 is 2.08 bits per heavy atom. The molecule has 0 fully saturated rings. The number of rotatable bonds is 6. The van der Waals surface area contributed by atoms with Crippen molar-refractivity contribution in [2.24, 2.45) is 0 Å². The van der Waals surface area contributed by atoms with Crippen LogP contribution in [0.15, 0.2) is 84.9 Å². The molecule has 0 spiro atoms. The van der Waals surface area contributed by atoms with Crippen LogP contribution in [0.1, 0.15) is 20.7 Å². The number of nitrogens with one attached hydrogen (secondary N) is 1. The summed E-state index contributed by atoms with van der Waals surface area (Å²) in [5.41, 5.74) is 1.66. The monoisotopic (exact) mass is 331 g/mol. The molecule has 3 rings (SSSR count). The van der Waals surface area contributed by atoms with Gasteiger partial charge in [0.2, 0.25) is 0 Å². The highest BCUT2D eigenvalue weighted by atomic mass is 16.5. The average molecular weight is 331 g/mol. The standard InChI is InChI=1S/C21H17NO3/c23-19(16-9-3-1-4-10-16)15-25-20-14-8-7-13-18(20)21(24)22-17-11-5-2-6-12-17/h1-14H,15H2,(H,22,24). The van der Waals surface area contributed by atoms with Crippen LogP contribution in [0.2, 0.25) is 0 Å². The van der Waals surface area contributed by atoms with Gasteiger partial charge in [0.25, 0.3) is 5.91 Å². The summed E-state index contributed by atoms with van der Waals surface area (Å²) in [7, 11) is 0. The molecule has 4 nitrogen and oxygen atoms in total. The van der Waals surface area contributed by atoms with E-state index >= 15 is 0 Å². The zero-order valence-electron chi connectivity index (χ0n) is 13.5. The van der Waals surface area contributed by atoms with Crippen LogP contribution in [-0.2, 0) is 0 Å². The number of anilines is 1.